The molecule has 0 amide bonds. The average molecular weight is 227 g/mol. The molecule has 0 saturated heterocycles. The zero-order valence-electron chi connectivity index (χ0n) is 9.82. The summed E-state index contributed by atoms with van der Waals surface area (Å²) in [6.07, 6.45) is 2.75. The van der Waals surface area contributed by atoms with Gasteiger partial charge in [0.1, 0.15) is 0 Å². The number of benzene rings is 1. The van der Waals surface area contributed by atoms with E-state index < -0.39 is 0 Å². The standard InChI is InChI=1S/C14H17N3/c15-13-7-11(9-16-8-10-5-6-10)17-14-4-2-1-3-12(13)14/h1-4,7,10,16H,5-6,8-9H2,(H2,15,17). The Morgan fingerprint density at radius 3 is 2.94 bits per heavy atom. The van der Waals surface area contributed by atoms with Crippen molar-refractivity contribution in [2.24, 2.45) is 5.92 Å². The third kappa shape index (κ3) is 2.39. The van der Waals surface area contributed by atoms with Crippen molar-refractivity contribution in [2.75, 3.05) is 12.3 Å². The predicted molar refractivity (Wildman–Crippen MR) is 70.6 cm³/mol. The summed E-state index contributed by atoms with van der Waals surface area (Å²) in [5.41, 5.74) is 8.86. The van der Waals surface area contributed by atoms with Crippen LogP contribution in [0.1, 0.15) is 18.5 Å². The highest BCUT2D eigenvalue weighted by Crippen LogP contribution is 2.27. The molecule has 3 heteroatoms. The molecule has 3 rings (SSSR count). The number of fused-ring (bicyclic) bond motifs is 1. The van der Waals surface area contributed by atoms with E-state index in [9.17, 15) is 0 Å². The Morgan fingerprint density at radius 2 is 2.12 bits per heavy atom. The monoisotopic (exact) mass is 227 g/mol. The number of hydrogen-bond donors (Lipinski definition) is 2. The van der Waals surface area contributed by atoms with Crippen LogP contribution in [0.25, 0.3) is 10.9 Å². The van der Waals surface area contributed by atoms with E-state index >= 15 is 0 Å². The van der Waals surface area contributed by atoms with Gasteiger partial charge in [-0.3, -0.25) is 4.98 Å². The Morgan fingerprint density at radius 1 is 1.29 bits per heavy atom. The van der Waals surface area contributed by atoms with Crippen LogP contribution in [-0.4, -0.2) is 11.5 Å². The first-order valence-electron chi connectivity index (χ1n) is 6.18. The Kier molecular flexibility index (Phi) is 2.69. The van der Waals surface area contributed by atoms with Gasteiger partial charge in [0.15, 0.2) is 0 Å². The molecule has 1 aromatic carbocycles. The molecular formula is C14H17N3. The minimum Gasteiger partial charge on any atom is -0.398 e. The van der Waals surface area contributed by atoms with Crippen molar-refractivity contribution in [1.29, 1.82) is 0 Å². The third-order valence-electron chi connectivity index (χ3n) is 3.24. The maximum Gasteiger partial charge on any atom is 0.0726 e. The lowest BCUT2D eigenvalue weighted by atomic mass is 10.1. The minimum absolute atomic E-state index is 0.811. The van der Waals surface area contributed by atoms with Gasteiger partial charge in [-0.05, 0) is 37.4 Å². The van der Waals surface area contributed by atoms with Gasteiger partial charge in [-0.1, -0.05) is 18.2 Å². The summed E-state index contributed by atoms with van der Waals surface area (Å²) < 4.78 is 0. The highest BCUT2D eigenvalue weighted by molar-refractivity contribution is 5.90. The molecule has 0 atom stereocenters. The van der Waals surface area contributed by atoms with Crippen molar-refractivity contribution < 1.29 is 0 Å². The molecule has 1 saturated carbocycles. The van der Waals surface area contributed by atoms with E-state index in [1.54, 1.807) is 0 Å². The molecule has 17 heavy (non-hydrogen) atoms. The smallest absolute Gasteiger partial charge is 0.0726 e. The van der Waals surface area contributed by atoms with Crippen LogP contribution in [0.3, 0.4) is 0 Å². The second-order valence-corrected chi connectivity index (χ2v) is 4.79. The van der Waals surface area contributed by atoms with E-state index in [-0.39, 0.29) is 0 Å². The highest BCUT2D eigenvalue weighted by atomic mass is 14.9. The lowest BCUT2D eigenvalue weighted by molar-refractivity contribution is 0.631. The van der Waals surface area contributed by atoms with Gasteiger partial charge in [-0.25, -0.2) is 0 Å². The molecule has 3 N–H and O–H groups in total. The van der Waals surface area contributed by atoms with E-state index in [0.29, 0.717) is 0 Å². The molecule has 1 fully saturated rings. The fraction of sp³-hybridized carbons (Fsp3) is 0.357. The molecule has 0 radical (unpaired) electrons. The number of nitrogen functional groups attached to an aromatic ring is 1. The fourth-order valence-electron chi connectivity index (χ4n) is 2.08. The van der Waals surface area contributed by atoms with Crippen molar-refractivity contribution in [2.45, 2.75) is 19.4 Å². The van der Waals surface area contributed by atoms with Gasteiger partial charge in [0.05, 0.1) is 11.2 Å². The zero-order chi connectivity index (χ0) is 11.7. The van der Waals surface area contributed by atoms with E-state index in [1.807, 2.05) is 30.3 Å². The molecule has 1 aliphatic carbocycles. The average Bonchev–Trinajstić information content (AvgIpc) is 3.13. The molecule has 1 aromatic heterocycles. The molecule has 0 bridgehead atoms. The Balaban J connectivity index is 1.79. The van der Waals surface area contributed by atoms with Gasteiger partial charge in [0.2, 0.25) is 0 Å². The molecule has 1 aliphatic rings. The van der Waals surface area contributed by atoms with Gasteiger partial charge in [0, 0.05) is 17.6 Å². The van der Waals surface area contributed by atoms with Crippen LogP contribution >= 0.6 is 0 Å². The molecule has 0 spiro atoms. The van der Waals surface area contributed by atoms with Gasteiger partial charge in [-0.2, -0.15) is 0 Å². The van der Waals surface area contributed by atoms with E-state index in [0.717, 1.165) is 41.3 Å². The van der Waals surface area contributed by atoms with Crippen LogP contribution < -0.4 is 11.1 Å². The third-order valence-corrected chi connectivity index (χ3v) is 3.24. The first-order valence-corrected chi connectivity index (χ1v) is 6.18. The Labute approximate surface area is 101 Å². The first kappa shape index (κ1) is 10.5. The lowest BCUT2D eigenvalue weighted by Gasteiger charge is -2.07. The van der Waals surface area contributed by atoms with Crippen molar-refractivity contribution in [3.05, 3.63) is 36.0 Å². The van der Waals surface area contributed by atoms with E-state index in [1.165, 1.54) is 12.8 Å². The number of nitrogens with zero attached hydrogens (tertiary/aromatic N) is 1. The minimum atomic E-state index is 0.811. The second-order valence-electron chi connectivity index (χ2n) is 4.79. The van der Waals surface area contributed by atoms with Crippen LogP contribution in [0.2, 0.25) is 0 Å². The van der Waals surface area contributed by atoms with E-state index in [2.05, 4.69) is 10.3 Å². The number of anilines is 1. The molecule has 3 nitrogen and oxygen atoms in total. The summed E-state index contributed by atoms with van der Waals surface area (Å²) in [6.45, 7) is 1.92. The van der Waals surface area contributed by atoms with Crippen molar-refractivity contribution >= 4 is 16.6 Å². The number of rotatable bonds is 4. The van der Waals surface area contributed by atoms with Crippen LogP contribution in [-0.2, 0) is 6.54 Å². The summed E-state index contributed by atoms with van der Waals surface area (Å²) >= 11 is 0. The number of pyridine rings is 1. The van der Waals surface area contributed by atoms with Crippen molar-refractivity contribution in [1.82, 2.24) is 10.3 Å². The van der Waals surface area contributed by atoms with Crippen LogP contribution in [0, 0.1) is 5.92 Å². The first-order chi connectivity index (χ1) is 8.33. The molecule has 88 valence electrons. The molecule has 0 unspecified atom stereocenters. The maximum atomic E-state index is 6.03. The molecule has 0 aliphatic heterocycles. The summed E-state index contributed by atoms with van der Waals surface area (Å²) in [5.74, 6) is 0.896. The highest BCUT2D eigenvalue weighted by Gasteiger charge is 2.20. The fourth-order valence-corrected chi connectivity index (χ4v) is 2.08. The topological polar surface area (TPSA) is 50.9 Å². The van der Waals surface area contributed by atoms with Crippen LogP contribution in [0.5, 0.6) is 0 Å². The summed E-state index contributed by atoms with van der Waals surface area (Å²) in [5, 5.41) is 4.48. The van der Waals surface area contributed by atoms with Gasteiger partial charge in [-0.15, -0.1) is 0 Å². The number of nitrogens with one attached hydrogen (secondary N) is 1. The molecular weight excluding hydrogens is 210 g/mol. The summed E-state index contributed by atoms with van der Waals surface area (Å²) in [7, 11) is 0. The van der Waals surface area contributed by atoms with E-state index in [4.69, 9.17) is 5.73 Å². The molecule has 2 aromatic rings. The van der Waals surface area contributed by atoms with Crippen LogP contribution in [0.4, 0.5) is 5.69 Å². The van der Waals surface area contributed by atoms with Gasteiger partial charge < -0.3 is 11.1 Å². The quantitative estimate of drug-likeness (QED) is 0.842. The largest absolute Gasteiger partial charge is 0.398 e. The summed E-state index contributed by atoms with van der Waals surface area (Å²) in [4.78, 5) is 4.61. The lowest BCUT2D eigenvalue weighted by Crippen LogP contribution is -2.17. The zero-order valence-corrected chi connectivity index (χ0v) is 9.82. The Hall–Kier alpha value is -1.61. The number of nitrogens with two attached hydrogens (primary N) is 1. The number of para-hydroxylation sites is 1. The van der Waals surface area contributed by atoms with Crippen molar-refractivity contribution in [3.8, 4) is 0 Å². The predicted octanol–water partition coefficient (Wildman–Crippen LogP) is 2.32. The molecule has 1 heterocycles. The SMILES string of the molecule is Nc1cc(CNCC2CC2)nc2ccccc12. The summed E-state index contributed by atoms with van der Waals surface area (Å²) in [6, 6.07) is 9.99. The number of hydrogen-bond acceptors (Lipinski definition) is 3. The second kappa shape index (κ2) is 4.34. The normalized spacial score (nSPS) is 15.3. The number of aromatic nitrogens is 1. The van der Waals surface area contributed by atoms with Gasteiger partial charge >= 0.3 is 0 Å². The van der Waals surface area contributed by atoms with Gasteiger partial charge in [0.25, 0.3) is 0 Å². The van der Waals surface area contributed by atoms with Crippen molar-refractivity contribution in [3.63, 3.8) is 0 Å². The Bertz CT molecular complexity index is 532. The van der Waals surface area contributed by atoms with Crippen LogP contribution in [0.15, 0.2) is 30.3 Å². The maximum absolute atomic E-state index is 6.03.